The summed E-state index contributed by atoms with van der Waals surface area (Å²) in [4.78, 5) is 16.0. The summed E-state index contributed by atoms with van der Waals surface area (Å²) in [6, 6.07) is 7.89. The summed E-state index contributed by atoms with van der Waals surface area (Å²) in [5.41, 5.74) is 12.8. The first-order chi connectivity index (χ1) is 18.4. The standard InChI is InChI=1S/C26H27F4N7O2/c27-21-13-17(1-3-19(21)15-5-9-36(10-6-15)24(31)32)23(38)35-18-2-4-20(22(14-18)39-26(28,29)30)16-7-11-37(12-8-16)25(33)34/h1-5,7,13-14H,6,8-12H2,(H3,31,32)(H3,33,34)(H,35,38). The van der Waals surface area contributed by atoms with E-state index in [-0.39, 0.29) is 35.3 Å². The Morgan fingerprint density at radius 3 is 1.95 bits per heavy atom. The number of benzene rings is 2. The van der Waals surface area contributed by atoms with Gasteiger partial charge in [0.15, 0.2) is 11.9 Å². The lowest BCUT2D eigenvalue weighted by atomic mass is 9.97. The van der Waals surface area contributed by atoms with E-state index in [1.807, 2.05) is 0 Å². The minimum Gasteiger partial charge on any atom is -0.405 e. The van der Waals surface area contributed by atoms with E-state index in [1.165, 1.54) is 24.3 Å². The SMILES string of the molecule is N=C(N)N1CC=C(c2ccc(C(=O)Nc3ccc(C4=CCN(C(=N)N)CC4)c(OC(F)(F)F)c3)cc2F)CC1. The Morgan fingerprint density at radius 2 is 1.46 bits per heavy atom. The highest BCUT2D eigenvalue weighted by atomic mass is 19.4. The van der Waals surface area contributed by atoms with Crippen LogP contribution < -0.4 is 21.5 Å². The second-order valence-electron chi connectivity index (χ2n) is 9.03. The van der Waals surface area contributed by atoms with Gasteiger partial charge < -0.3 is 31.3 Å². The van der Waals surface area contributed by atoms with E-state index in [4.69, 9.17) is 22.3 Å². The summed E-state index contributed by atoms with van der Waals surface area (Å²) in [7, 11) is 0. The predicted octanol–water partition coefficient (Wildman–Crippen LogP) is 3.94. The maximum absolute atomic E-state index is 14.9. The maximum atomic E-state index is 14.9. The van der Waals surface area contributed by atoms with Gasteiger partial charge in [0.1, 0.15) is 11.6 Å². The highest BCUT2D eigenvalue weighted by molar-refractivity contribution is 6.04. The number of nitrogens with two attached hydrogens (primary N) is 2. The Morgan fingerprint density at radius 1 is 0.897 bits per heavy atom. The number of ether oxygens (including phenoxy) is 1. The molecule has 0 atom stereocenters. The zero-order valence-corrected chi connectivity index (χ0v) is 20.7. The fourth-order valence-corrected chi connectivity index (χ4v) is 4.46. The molecule has 2 aliphatic rings. The second kappa shape index (κ2) is 11.1. The molecule has 39 heavy (non-hydrogen) atoms. The van der Waals surface area contributed by atoms with E-state index >= 15 is 0 Å². The van der Waals surface area contributed by atoms with Crippen molar-refractivity contribution in [1.82, 2.24) is 9.80 Å². The van der Waals surface area contributed by atoms with Crippen LogP contribution in [0.2, 0.25) is 0 Å². The van der Waals surface area contributed by atoms with Gasteiger partial charge in [-0.3, -0.25) is 15.6 Å². The van der Waals surface area contributed by atoms with Crippen molar-refractivity contribution in [2.45, 2.75) is 19.2 Å². The summed E-state index contributed by atoms with van der Waals surface area (Å²) in [5.74, 6) is -2.02. The number of hydrogen-bond donors (Lipinski definition) is 5. The zero-order chi connectivity index (χ0) is 28.3. The van der Waals surface area contributed by atoms with Gasteiger partial charge in [0.05, 0.1) is 0 Å². The third kappa shape index (κ3) is 6.67. The van der Waals surface area contributed by atoms with Crippen molar-refractivity contribution in [2.24, 2.45) is 11.5 Å². The Hall–Kier alpha value is -4.55. The summed E-state index contributed by atoms with van der Waals surface area (Å²) < 4.78 is 58.6. The number of carbonyl (C=O) groups is 1. The highest BCUT2D eigenvalue weighted by Gasteiger charge is 2.33. The van der Waals surface area contributed by atoms with Gasteiger partial charge >= 0.3 is 6.36 Å². The molecule has 1 amide bonds. The summed E-state index contributed by atoms with van der Waals surface area (Å²) in [5, 5.41) is 17.5. The van der Waals surface area contributed by atoms with Crippen LogP contribution in [0.15, 0.2) is 48.6 Å². The Kier molecular flexibility index (Phi) is 7.79. The van der Waals surface area contributed by atoms with E-state index in [0.717, 1.165) is 17.7 Å². The lowest BCUT2D eigenvalue weighted by Crippen LogP contribution is -2.39. The number of carbonyl (C=O) groups excluding carboxylic acids is 1. The lowest BCUT2D eigenvalue weighted by Gasteiger charge is -2.27. The van der Waals surface area contributed by atoms with E-state index in [9.17, 15) is 22.4 Å². The summed E-state index contributed by atoms with van der Waals surface area (Å²) in [6.07, 6.45) is -0.711. The molecule has 0 aromatic heterocycles. The van der Waals surface area contributed by atoms with Crippen LogP contribution in [0.4, 0.5) is 23.2 Å². The van der Waals surface area contributed by atoms with Crippen molar-refractivity contribution in [3.05, 3.63) is 71.1 Å². The van der Waals surface area contributed by atoms with Crippen LogP contribution in [-0.2, 0) is 0 Å². The predicted molar refractivity (Wildman–Crippen MR) is 140 cm³/mol. The number of anilines is 1. The number of amides is 1. The minimum atomic E-state index is -4.97. The Labute approximate surface area is 221 Å². The van der Waals surface area contributed by atoms with Crippen molar-refractivity contribution < 1.29 is 27.1 Å². The van der Waals surface area contributed by atoms with Crippen LogP contribution in [0.5, 0.6) is 5.75 Å². The van der Waals surface area contributed by atoms with E-state index in [1.54, 1.807) is 22.0 Å². The molecule has 0 spiro atoms. The van der Waals surface area contributed by atoms with Gasteiger partial charge in [0, 0.05) is 54.6 Å². The second-order valence-corrected chi connectivity index (χ2v) is 9.03. The highest BCUT2D eigenvalue weighted by Crippen LogP contribution is 2.36. The Bertz CT molecular complexity index is 1370. The van der Waals surface area contributed by atoms with Crippen molar-refractivity contribution in [2.75, 3.05) is 31.5 Å². The smallest absolute Gasteiger partial charge is 0.405 e. The average molecular weight is 546 g/mol. The topological polar surface area (TPSA) is 145 Å². The molecule has 2 aromatic rings. The molecule has 0 aliphatic carbocycles. The van der Waals surface area contributed by atoms with Gasteiger partial charge in [-0.1, -0.05) is 18.2 Å². The Balaban J connectivity index is 1.52. The van der Waals surface area contributed by atoms with Crippen LogP contribution >= 0.6 is 0 Å². The third-order valence-electron chi connectivity index (χ3n) is 6.49. The molecule has 0 bridgehead atoms. The average Bonchev–Trinajstić information content (AvgIpc) is 2.88. The van der Waals surface area contributed by atoms with Gasteiger partial charge in [0.25, 0.3) is 5.91 Å². The molecule has 0 radical (unpaired) electrons. The quantitative estimate of drug-likeness (QED) is 0.219. The van der Waals surface area contributed by atoms with E-state index in [0.29, 0.717) is 43.6 Å². The number of hydrogen-bond acceptors (Lipinski definition) is 4. The van der Waals surface area contributed by atoms with Gasteiger partial charge in [0.2, 0.25) is 0 Å². The molecular weight excluding hydrogens is 518 g/mol. The molecule has 2 heterocycles. The molecule has 4 rings (SSSR count). The fourth-order valence-electron chi connectivity index (χ4n) is 4.46. The van der Waals surface area contributed by atoms with E-state index in [2.05, 4.69) is 10.1 Å². The first-order valence-electron chi connectivity index (χ1n) is 12.0. The van der Waals surface area contributed by atoms with Crippen LogP contribution in [0.3, 0.4) is 0 Å². The molecule has 0 unspecified atom stereocenters. The number of nitrogens with one attached hydrogen (secondary N) is 3. The van der Waals surface area contributed by atoms with Crippen molar-refractivity contribution in [1.29, 1.82) is 10.8 Å². The van der Waals surface area contributed by atoms with Gasteiger partial charge in [-0.2, -0.15) is 0 Å². The first-order valence-corrected chi connectivity index (χ1v) is 12.0. The molecule has 13 heteroatoms. The summed E-state index contributed by atoms with van der Waals surface area (Å²) >= 11 is 0. The van der Waals surface area contributed by atoms with Crippen molar-refractivity contribution >= 4 is 34.7 Å². The normalized spacial score (nSPS) is 15.8. The lowest BCUT2D eigenvalue weighted by molar-refractivity contribution is -0.274. The molecule has 0 saturated carbocycles. The molecule has 9 nitrogen and oxygen atoms in total. The largest absolute Gasteiger partial charge is 0.573 e. The van der Waals surface area contributed by atoms with Crippen LogP contribution in [0.25, 0.3) is 11.1 Å². The molecule has 0 fully saturated rings. The van der Waals surface area contributed by atoms with Crippen LogP contribution in [0, 0.1) is 16.6 Å². The number of halogens is 4. The number of guanidine groups is 2. The van der Waals surface area contributed by atoms with Crippen LogP contribution in [0.1, 0.15) is 34.3 Å². The van der Waals surface area contributed by atoms with Gasteiger partial charge in [-0.05, 0) is 48.3 Å². The monoisotopic (exact) mass is 545 g/mol. The molecule has 2 aromatic carbocycles. The van der Waals surface area contributed by atoms with E-state index < -0.39 is 23.8 Å². The first kappa shape index (κ1) is 27.5. The molecule has 2 aliphatic heterocycles. The van der Waals surface area contributed by atoms with Crippen LogP contribution in [-0.4, -0.2) is 60.2 Å². The molecule has 206 valence electrons. The molecule has 7 N–H and O–H groups in total. The molecule has 0 saturated heterocycles. The zero-order valence-electron chi connectivity index (χ0n) is 20.7. The fraction of sp³-hybridized carbons (Fsp3) is 0.269. The van der Waals surface area contributed by atoms with Gasteiger partial charge in [-0.25, -0.2) is 4.39 Å². The number of alkyl halides is 3. The third-order valence-corrected chi connectivity index (χ3v) is 6.49. The number of rotatable bonds is 5. The molecular formula is C26H27F4N7O2. The van der Waals surface area contributed by atoms with Crippen molar-refractivity contribution in [3.8, 4) is 5.75 Å². The number of nitrogens with zero attached hydrogens (tertiary/aromatic N) is 2. The van der Waals surface area contributed by atoms with Crippen molar-refractivity contribution in [3.63, 3.8) is 0 Å². The minimum absolute atomic E-state index is 0.0142. The maximum Gasteiger partial charge on any atom is 0.573 e. The van der Waals surface area contributed by atoms with Gasteiger partial charge in [-0.15, -0.1) is 13.2 Å². The summed E-state index contributed by atoms with van der Waals surface area (Å²) in [6.45, 7) is 1.46.